The van der Waals surface area contributed by atoms with Gasteiger partial charge in [-0.1, -0.05) is 36.4 Å². The Kier molecular flexibility index (Phi) is 6.89. The maximum absolute atomic E-state index is 14.3. The fourth-order valence-electron chi connectivity index (χ4n) is 2.73. The molecule has 0 atom stereocenters. The van der Waals surface area contributed by atoms with Crippen molar-refractivity contribution in [2.75, 3.05) is 11.1 Å². The molecule has 0 unspecified atom stereocenters. The lowest BCUT2D eigenvalue weighted by molar-refractivity contribution is 0.627. The molecule has 1 nitrogen and oxygen atoms in total. The Morgan fingerprint density at radius 3 is 1.86 bits per heavy atom. The molecule has 21 heavy (non-hydrogen) atoms. The minimum Gasteiger partial charge on any atom is -0.391 e. The predicted octanol–water partition coefficient (Wildman–Crippen LogP) is 5.32. The zero-order chi connectivity index (χ0) is 15.7. The summed E-state index contributed by atoms with van der Waals surface area (Å²) in [5.41, 5.74) is 0.634. The Morgan fingerprint density at radius 1 is 0.905 bits per heavy atom. The number of anilines is 1. The maximum atomic E-state index is 14.3. The Hall–Kier alpha value is -1.87. The third-order valence-corrected chi connectivity index (χ3v) is 8.31. The van der Waals surface area contributed by atoms with Gasteiger partial charge in [0, 0.05) is 6.54 Å². The third kappa shape index (κ3) is 4.05. The summed E-state index contributed by atoms with van der Waals surface area (Å²) in [5, 5.41) is 0. The van der Waals surface area contributed by atoms with Crippen LogP contribution in [0.1, 0.15) is 0 Å². The van der Waals surface area contributed by atoms with E-state index in [1.807, 2.05) is 36.4 Å². The van der Waals surface area contributed by atoms with Crippen molar-refractivity contribution in [2.45, 2.75) is 18.1 Å². The molecule has 112 valence electrons. The van der Waals surface area contributed by atoms with E-state index in [2.05, 4.69) is 30.9 Å². The highest BCUT2D eigenvalue weighted by atomic mass is 28.3. The van der Waals surface area contributed by atoms with Crippen LogP contribution in [0.15, 0.2) is 74.9 Å². The van der Waals surface area contributed by atoms with E-state index in [0.717, 1.165) is 18.1 Å². The molecular formula is C18H24FNSi. The molecule has 0 bridgehead atoms. The van der Waals surface area contributed by atoms with Crippen LogP contribution in [0.5, 0.6) is 0 Å². The number of rotatable bonds is 10. The molecule has 0 N–H and O–H groups in total. The molecule has 0 aliphatic carbocycles. The number of para-hydroxylation sites is 1. The topological polar surface area (TPSA) is 3.24 Å². The average Bonchev–Trinajstić information content (AvgIpc) is 2.46. The molecule has 0 aliphatic heterocycles. The summed E-state index contributed by atoms with van der Waals surface area (Å²) >= 11 is 0. The Balaban J connectivity index is 3.39. The van der Waals surface area contributed by atoms with Gasteiger partial charge in [0.2, 0.25) is 0 Å². The predicted molar refractivity (Wildman–Crippen MR) is 94.7 cm³/mol. The highest BCUT2D eigenvalue weighted by molar-refractivity contribution is 6.84. The first-order valence-electron chi connectivity index (χ1n) is 7.11. The van der Waals surface area contributed by atoms with E-state index in [-0.39, 0.29) is 5.82 Å². The first-order chi connectivity index (χ1) is 10.1. The van der Waals surface area contributed by atoms with E-state index in [0.29, 0.717) is 12.2 Å². The molecule has 3 heteroatoms. The third-order valence-electron chi connectivity index (χ3n) is 3.60. The molecule has 0 aliphatic rings. The van der Waals surface area contributed by atoms with Crippen molar-refractivity contribution < 1.29 is 4.39 Å². The first kappa shape index (κ1) is 17.2. The number of hydrogen-bond acceptors (Lipinski definition) is 1. The Morgan fingerprint density at radius 2 is 1.43 bits per heavy atom. The van der Waals surface area contributed by atoms with Crippen LogP contribution < -0.4 is 4.57 Å². The van der Waals surface area contributed by atoms with Gasteiger partial charge in [-0.2, -0.15) is 0 Å². The van der Waals surface area contributed by atoms with Gasteiger partial charge >= 0.3 is 0 Å². The van der Waals surface area contributed by atoms with Crippen molar-refractivity contribution in [1.29, 1.82) is 0 Å². The van der Waals surface area contributed by atoms with E-state index in [9.17, 15) is 4.39 Å². The van der Waals surface area contributed by atoms with Gasteiger partial charge in [-0.05, 0) is 30.3 Å². The first-order valence-corrected chi connectivity index (χ1v) is 9.67. The Bertz CT molecular complexity index is 483. The van der Waals surface area contributed by atoms with Gasteiger partial charge in [0.15, 0.2) is 8.24 Å². The van der Waals surface area contributed by atoms with E-state index in [4.69, 9.17) is 0 Å². The summed E-state index contributed by atoms with van der Waals surface area (Å²) in [5.74, 6) is -0.201. The SMILES string of the molecule is C=CCN(c1ccccc1F)[Si](CC=C)(CC=C)CC=C. The lowest BCUT2D eigenvalue weighted by Gasteiger charge is -2.42. The number of benzene rings is 1. The summed E-state index contributed by atoms with van der Waals surface area (Å²) in [4.78, 5) is 0. The van der Waals surface area contributed by atoms with Gasteiger partial charge in [0.05, 0.1) is 5.69 Å². The second-order valence-corrected chi connectivity index (χ2v) is 9.27. The van der Waals surface area contributed by atoms with Crippen molar-refractivity contribution in [3.05, 3.63) is 80.7 Å². The van der Waals surface area contributed by atoms with Crippen LogP contribution in [-0.2, 0) is 0 Å². The van der Waals surface area contributed by atoms with Crippen LogP contribution >= 0.6 is 0 Å². The highest BCUT2D eigenvalue weighted by Gasteiger charge is 2.37. The molecule has 1 aromatic rings. The van der Waals surface area contributed by atoms with Crippen LogP contribution in [-0.4, -0.2) is 14.8 Å². The normalized spacial score (nSPS) is 10.7. The van der Waals surface area contributed by atoms with Crippen molar-refractivity contribution in [3.63, 3.8) is 0 Å². The number of nitrogens with zero attached hydrogens (tertiary/aromatic N) is 1. The minimum absolute atomic E-state index is 0.201. The van der Waals surface area contributed by atoms with Crippen molar-refractivity contribution in [3.8, 4) is 0 Å². The van der Waals surface area contributed by atoms with Crippen molar-refractivity contribution >= 4 is 13.9 Å². The van der Waals surface area contributed by atoms with Gasteiger partial charge in [0.1, 0.15) is 5.82 Å². The van der Waals surface area contributed by atoms with Gasteiger partial charge in [0.25, 0.3) is 0 Å². The Labute approximate surface area is 128 Å². The lowest BCUT2D eigenvalue weighted by Crippen LogP contribution is -2.53. The molecule has 0 aromatic heterocycles. The van der Waals surface area contributed by atoms with Crippen LogP contribution in [0.3, 0.4) is 0 Å². The monoisotopic (exact) mass is 301 g/mol. The lowest BCUT2D eigenvalue weighted by atomic mass is 10.3. The van der Waals surface area contributed by atoms with Crippen molar-refractivity contribution in [2.24, 2.45) is 0 Å². The molecular weight excluding hydrogens is 277 g/mol. The van der Waals surface area contributed by atoms with Gasteiger partial charge < -0.3 is 4.57 Å². The number of allylic oxidation sites excluding steroid dienone is 3. The van der Waals surface area contributed by atoms with Gasteiger partial charge in [-0.15, -0.1) is 26.3 Å². The second kappa shape index (κ2) is 8.42. The summed E-state index contributed by atoms with van der Waals surface area (Å²) < 4.78 is 16.5. The van der Waals surface area contributed by atoms with E-state index < -0.39 is 8.24 Å². The molecule has 0 amide bonds. The summed E-state index contributed by atoms with van der Waals surface area (Å²) in [6.45, 7) is 16.1. The molecule has 0 saturated carbocycles. The summed E-state index contributed by atoms with van der Waals surface area (Å²) in [6, 6.07) is 9.47. The summed E-state index contributed by atoms with van der Waals surface area (Å²) in [7, 11) is -2.05. The van der Waals surface area contributed by atoms with Crippen LogP contribution in [0.4, 0.5) is 10.1 Å². The minimum atomic E-state index is -2.05. The van der Waals surface area contributed by atoms with Gasteiger partial charge in [-0.3, -0.25) is 0 Å². The molecule has 0 saturated heterocycles. The van der Waals surface area contributed by atoms with E-state index >= 15 is 0 Å². The zero-order valence-electron chi connectivity index (χ0n) is 12.6. The molecule has 0 fully saturated rings. The van der Waals surface area contributed by atoms with E-state index in [1.165, 1.54) is 6.07 Å². The largest absolute Gasteiger partial charge is 0.391 e. The van der Waals surface area contributed by atoms with E-state index in [1.54, 1.807) is 6.07 Å². The summed E-state index contributed by atoms with van der Waals surface area (Å²) in [6.07, 6.45) is 7.60. The average molecular weight is 301 g/mol. The zero-order valence-corrected chi connectivity index (χ0v) is 13.6. The fraction of sp³-hybridized carbons (Fsp3) is 0.222. The van der Waals surface area contributed by atoms with Crippen LogP contribution in [0.2, 0.25) is 18.1 Å². The number of halogens is 1. The highest BCUT2D eigenvalue weighted by Crippen LogP contribution is 2.33. The van der Waals surface area contributed by atoms with Crippen molar-refractivity contribution in [1.82, 2.24) is 0 Å². The van der Waals surface area contributed by atoms with Crippen LogP contribution in [0.25, 0.3) is 0 Å². The molecule has 0 radical (unpaired) electrons. The standard InChI is InChI=1S/C18H24FNSi/c1-5-13-20(18-12-10-9-11-17(18)19)21(14-6-2,15-7-3)16-8-4/h5-12H,1-4,13-16H2. The number of hydrogen-bond donors (Lipinski definition) is 0. The maximum Gasteiger partial charge on any atom is 0.168 e. The van der Waals surface area contributed by atoms with Crippen LogP contribution in [0, 0.1) is 5.82 Å². The quantitative estimate of drug-likeness (QED) is 0.417. The molecule has 1 aromatic carbocycles. The molecule has 0 heterocycles. The smallest absolute Gasteiger partial charge is 0.168 e. The van der Waals surface area contributed by atoms with Gasteiger partial charge in [-0.25, -0.2) is 4.39 Å². The fourth-order valence-corrected chi connectivity index (χ4v) is 6.72. The second-order valence-electron chi connectivity index (χ2n) is 5.05. The molecule has 0 spiro atoms. The molecule has 1 rings (SSSR count).